The lowest BCUT2D eigenvalue weighted by molar-refractivity contribution is 0.590. The second-order valence-electron chi connectivity index (χ2n) is 23.8. The van der Waals surface area contributed by atoms with Gasteiger partial charge >= 0.3 is 0 Å². The first kappa shape index (κ1) is 52.0. The molecular formula is C70H77N3. The van der Waals surface area contributed by atoms with Crippen molar-refractivity contribution in [1.29, 1.82) is 0 Å². The average Bonchev–Trinajstić information content (AvgIpc) is 3.65. The highest BCUT2D eigenvalue weighted by atomic mass is 15.1. The van der Waals surface area contributed by atoms with Gasteiger partial charge in [0.05, 0.1) is 5.52 Å². The van der Waals surface area contributed by atoms with Gasteiger partial charge < -0.3 is 14.4 Å². The molecule has 1 heterocycles. The molecule has 0 bridgehead atoms. The maximum Gasteiger partial charge on any atom is 0.0568 e. The number of aromatic nitrogens is 1. The topological polar surface area (TPSA) is 11.4 Å². The minimum absolute atomic E-state index is 0.100. The van der Waals surface area contributed by atoms with Gasteiger partial charge in [-0.2, -0.15) is 0 Å². The molecule has 0 amide bonds. The Morgan fingerprint density at radius 1 is 0.356 bits per heavy atom. The molecule has 0 aliphatic rings. The molecule has 0 atom stereocenters. The lowest BCUT2D eigenvalue weighted by Gasteiger charge is -2.28. The van der Waals surface area contributed by atoms with Gasteiger partial charge in [-0.05, 0) is 150 Å². The Kier molecular flexibility index (Phi) is 14.4. The summed E-state index contributed by atoms with van der Waals surface area (Å²) in [5.41, 5.74) is 16.9. The van der Waals surface area contributed by atoms with E-state index in [1.807, 2.05) is 0 Å². The second-order valence-corrected chi connectivity index (χ2v) is 23.8. The summed E-state index contributed by atoms with van der Waals surface area (Å²) in [6.45, 7) is 33.1. The zero-order valence-corrected chi connectivity index (χ0v) is 46.2. The van der Waals surface area contributed by atoms with E-state index in [1.54, 1.807) is 0 Å². The Morgan fingerprint density at radius 2 is 0.740 bits per heavy atom. The van der Waals surface area contributed by atoms with Crippen LogP contribution in [0.4, 0.5) is 28.4 Å². The average molecular weight is 960 g/mol. The van der Waals surface area contributed by atoms with Crippen molar-refractivity contribution in [1.82, 2.24) is 4.57 Å². The molecule has 73 heavy (non-hydrogen) atoms. The Labute approximate surface area is 437 Å². The van der Waals surface area contributed by atoms with Gasteiger partial charge in [0.15, 0.2) is 0 Å². The van der Waals surface area contributed by atoms with Crippen molar-refractivity contribution in [3.8, 4) is 11.1 Å². The minimum Gasteiger partial charge on any atom is -0.345 e. The van der Waals surface area contributed by atoms with Gasteiger partial charge in [-0.15, -0.1) is 13.2 Å². The predicted molar refractivity (Wildman–Crippen MR) is 323 cm³/mol. The molecular weight excluding hydrogens is 883 g/mol. The maximum atomic E-state index is 3.00. The number of aryl methyl sites for hydroxylation is 1. The van der Waals surface area contributed by atoms with E-state index in [1.165, 1.54) is 88.1 Å². The third kappa shape index (κ3) is 11.0. The second kappa shape index (κ2) is 20.3. The van der Waals surface area contributed by atoms with Crippen molar-refractivity contribution in [3.63, 3.8) is 0 Å². The van der Waals surface area contributed by atoms with Crippen LogP contribution in [0.2, 0.25) is 0 Å². The molecule has 9 aromatic carbocycles. The van der Waals surface area contributed by atoms with Crippen molar-refractivity contribution in [2.75, 3.05) is 16.8 Å². The summed E-state index contributed by atoms with van der Waals surface area (Å²) in [6, 6.07) is 69.8. The standard InChI is InChI=1S/C47H44N2.C21H29N.C2H4/c1-46(2,3)36-18-23-38(24-19-36)49(39-25-20-37(21-26-39)47(4,5)6)40-22-17-33-27-35(16-15-34(33)28-40)41-13-10-14-42-43-29-31-11-8-9-12-32(31)30-44(43)48(7)45(41)42;1-20(2,3)16-8-12-18(13-9-16)22(7)19-14-10-17(11-15-19)21(4,5)6;1-2/h8-30H,1-7H3;8-15H,1-7H3;1-2H2. The molecule has 0 N–H and O–H groups in total. The van der Waals surface area contributed by atoms with Gasteiger partial charge in [0.1, 0.15) is 0 Å². The molecule has 0 saturated carbocycles. The molecule has 10 rings (SSSR count). The summed E-state index contributed by atoms with van der Waals surface area (Å²) in [5.74, 6) is 0. The molecule has 0 unspecified atom stereocenters. The molecule has 372 valence electrons. The van der Waals surface area contributed by atoms with Crippen LogP contribution in [-0.4, -0.2) is 11.6 Å². The Bertz CT molecular complexity index is 3390. The molecule has 0 radical (unpaired) electrons. The summed E-state index contributed by atoms with van der Waals surface area (Å²) in [5, 5.41) is 7.59. The van der Waals surface area contributed by atoms with Gasteiger partial charge in [0, 0.05) is 64.4 Å². The summed E-state index contributed by atoms with van der Waals surface area (Å²) >= 11 is 0. The highest BCUT2D eigenvalue weighted by Gasteiger charge is 2.21. The van der Waals surface area contributed by atoms with Crippen LogP contribution in [0.25, 0.3) is 54.5 Å². The van der Waals surface area contributed by atoms with Crippen LogP contribution in [0.15, 0.2) is 201 Å². The van der Waals surface area contributed by atoms with Crippen LogP contribution in [-0.2, 0) is 28.7 Å². The Hall–Kier alpha value is -7.36. The Morgan fingerprint density at radius 3 is 1.19 bits per heavy atom. The molecule has 10 aromatic rings. The lowest BCUT2D eigenvalue weighted by atomic mass is 9.86. The fourth-order valence-electron chi connectivity index (χ4n) is 9.92. The van der Waals surface area contributed by atoms with E-state index in [0.29, 0.717) is 0 Å². The van der Waals surface area contributed by atoms with E-state index in [4.69, 9.17) is 0 Å². The third-order valence-corrected chi connectivity index (χ3v) is 14.5. The first-order chi connectivity index (χ1) is 34.5. The molecule has 0 aliphatic heterocycles. The number of anilines is 5. The van der Waals surface area contributed by atoms with Crippen LogP contribution in [0.3, 0.4) is 0 Å². The van der Waals surface area contributed by atoms with Crippen molar-refractivity contribution in [2.45, 2.75) is 105 Å². The summed E-state index contributed by atoms with van der Waals surface area (Å²) in [6.07, 6.45) is 0. The molecule has 1 aromatic heterocycles. The normalized spacial score (nSPS) is 12.1. The fourth-order valence-corrected chi connectivity index (χ4v) is 9.92. The Balaban J connectivity index is 0.000000249. The van der Waals surface area contributed by atoms with Crippen LogP contribution in [0.5, 0.6) is 0 Å². The largest absolute Gasteiger partial charge is 0.345 e. The van der Waals surface area contributed by atoms with E-state index in [0.717, 1.165) is 17.1 Å². The molecule has 3 heteroatoms. The number of benzene rings is 9. The highest BCUT2D eigenvalue weighted by Crippen LogP contribution is 2.41. The van der Waals surface area contributed by atoms with Gasteiger partial charge in [0.25, 0.3) is 0 Å². The SMILES string of the molecule is C=C.CN(c1ccc(C(C)(C)C)cc1)c1ccc(C(C)(C)C)cc1.Cn1c2cc3ccccc3cc2c2cccc(-c3ccc4cc(N(c5ccc(C(C)(C)C)cc5)c5ccc(C(C)(C)C)cc5)ccc4c3)c21. The number of para-hydroxylation sites is 1. The van der Waals surface area contributed by atoms with Crippen molar-refractivity contribution in [3.05, 3.63) is 223 Å². The highest BCUT2D eigenvalue weighted by molar-refractivity contribution is 6.16. The molecule has 3 nitrogen and oxygen atoms in total. The molecule has 0 spiro atoms. The van der Waals surface area contributed by atoms with E-state index >= 15 is 0 Å². The predicted octanol–water partition coefficient (Wildman–Crippen LogP) is 20.2. The minimum atomic E-state index is 0.100. The lowest BCUT2D eigenvalue weighted by Crippen LogP contribution is -2.14. The van der Waals surface area contributed by atoms with Crippen molar-refractivity contribution < 1.29 is 0 Å². The van der Waals surface area contributed by atoms with Gasteiger partial charge in [-0.25, -0.2) is 0 Å². The molecule has 0 saturated heterocycles. The van der Waals surface area contributed by atoms with Gasteiger partial charge in [-0.3, -0.25) is 0 Å². The van der Waals surface area contributed by atoms with Crippen LogP contribution < -0.4 is 9.80 Å². The van der Waals surface area contributed by atoms with Crippen molar-refractivity contribution >= 4 is 71.8 Å². The summed E-state index contributed by atoms with van der Waals surface area (Å²) < 4.78 is 2.37. The van der Waals surface area contributed by atoms with Crippen LogP contribution in [0, 0.1) is 0 Å². The zero-order chi connectivity index (χ0) is 52.6. The summed E-state index contributed by atoms with van der Waals surface area (Å²) in [7, 11) is 4.32. The number of rotatable bonds is 6. The van der Waals surface area contributed by atoms with Crippen LogP contribution >= 0.6 is 0 Å². The van der Waals surface area contributed by atoms with Gasteiger partial charge in [0.2, 0.25) is 0 Å². The molecule has 0 fully saturated rings. The van der Waals surface area contributed by atoms with Gasteiger partial charge in [-0.1, -0.05) is 192 Å². The van der Waals surface area contributed by atoms with E-state index in [2.05, 4.69) is 313 Å². The third-order valence-electron chi connectivity index (χ3n) is 14.5. The number of hydrogen-bond acceptors (Lipinski definition) is 2. The quantitative estimate of drug-likeness (QED) is 0.154. The number of fused-ring (bicyclic) bond motifs is 5. The summed E-state index contributed by atoms with van der Waals surface area (Å²) in [4.78, 5) is 4.62. The molecule has 0 aliphatic carbocycles. The monoisotopic (exact) mass is 960 g/mol. The smallest absolute Gasteiger partial charge is 0.0568 e. The number of hydrogen-bond donors (Lipinski definition) is 0. The van der Waals surface area contributed by atoms with E-state index < -0.39 is 0 Å². The first-order valence-electron chi connectivity index (χ1n) is 25.9. The number of nitrogens with zero attached hydrogens (tertiary/aromatic N) is 3. The first-order valence-corrected chi connectivity index (χ1v) is 25.9. The fraction of sp³-hybridized carbons (Fsp3) is 0.257. The van der Waals surface area contributed by atoms with Crippen LogP contribution in [0.1, 0.15) is 105 Å². The maximum absolute atomic E-state index is 3.00. The van der Waals surface area contributed by atoms with Crippen molar-refractivity contribution in [2.24, 2.45) is 7.05 Å². The zero-order valence-electron chi connectivity index (χ0n) is 46.2. The van der Waals surface area contributed by atoms with E-state index in [-0.39, 0.29) is 21.7 Å². The van der Waals surface area contributed by atoms with E-state index in [9.17, 15) is 0 Å².